The van der Waals surface area contributed by atoms with Crippen LogP contribution in [0.25, 0.3) is 0 Å². The molecule has 1 saturated carbocycles. The predicted molar refractivity (Wildman–Crippen MR) is 76.9 cm³/mol. The van der Waals surface area contributed by atoms with Crippen molar-refractivity contribution in [2.75, 3.05) is 24.7 Å². The molecule has 2 heterocycles. The molecule has 2 aliphatic carbocycles. The highest BCUT2D eigenvalue weighted by molar-refractivity contribution is 5.52. The number of hydrogen-bond acceptors (Lipinski definition) is 3. The molecule has 2 fully saturated rings. The fourth-order valence-corrected chi connectivity index (χ4v) is 3.60. The third-order valence-electron chi connectivity index (χ3n) is 4.91. The van der Waals surface area contributed by atoms with E-state index in [1.807, 2.05) is 0 Å². The van der Waals surface area contributed by atoms with Gasteiger partial charge in [-0.05, 0) is 44.9 Å². The summed E-state index contributed by atoms with van der Waals surface area (Å²) in [6, 6.07) is 0. The number of hydrogen-bond donors (Lipinski definition) is 0. The van der Waals surface area contributed by atoms with Gasteiger partial charge in [0.1, 0.15) is 11.6 Å². The summed E-state index contributed by atoms with van der Waals surface area (Å²) in [6.07, 6.45) is 8.00. The Bertz CT molecular complexity index is 513. The first-order valence-electron chi connectivity index (χ1n) is 8.05. The molecule has 4 rings (SSSR count). The Morgan fingerprint density at radius 2 is 2.00 bits per heavy atom. The Morgan fingerprint density at radius 1 is 1.10 bits per heavy atom. The van der Waals surface area contributed by atoms with Crippen LogP contribution in [-0.4, -0.2) is 29.7 Å². The fraction of sp³-hybridized carbons (Fsp3) is 0.750. The molecule has 0 aromatic carbocycles. The molecule has 1 unspecified atom stereocenters. The lowest BCUT2D eigenvalue weighted by molar-refractivity contribution is 0.315. The monoisotopic (exact) mass is 275 g/mol. The molecular weight excluding hydrogens is 253 g/mol. The maximum absolute atomic E-state index is 13.0. The van der Waals surface area contributed by atoms with Crippen molar-refractivity contribution in [1.82, 2.24) is 9.97 Å². The van der Waals surface area contributed by atoms with Gasteiger partial charge >= 0.3 is 0 Å². The summed E-state index contributed by atoms with van der Waals surface area (Å²) < 4.78 is 13.0. The molecule has 1 saturated heterocycles. The van der Waals surface area contributed by atoms with Gasteiger partial charge in [-0.2, -0.15) is 0 Å². The van der Waals surface area contributed by atoms with Crippen LogP contribution in [-0.2, 0) is 12.8 Å². The van der Waals surface area contributed by atoms with Gasteiger partial charge in [-0.15, -0.1) is 0 Å². The maximum Gasteiger partial charge on any atom is 0.135 e. The second kappa shape index (κ2) is 4.97. The lowest BCUT2D eigenvalue weighted by Gasteiger charge is -2.33. The highest BCUT2D eigenvalue weighted by atomic mass is 19.1. The number of fused-ring (bicyclic) bond motifs is 1. The van der Waals surface area contributed by atoms with Crippen LogP contribution in [0.5, 0.6) is 0 Å². The molecule has 3 nitrogen and oxygen atoms in total. The van der Waals surface area contributed by atoms with Crippen molar-refractivity contribution >= 4 is 5.82 Å². The first kappa shape index (κ1) is 12.5. The molecule has 0 bridgehead atoms. The molecule has 1 aliphatic heterocycles. The number of anilines is 1. The van der Waals surface area contributed by atoms with E-state index in [2.05, 4.69) is 4.90 Å². The number of aromatic nitrogens is 2. The highest BCUT2D eigenvalue weighted by Crippen LogP contribution is 2.41. The van der Waals surface area contributed by atoms with Gasteiger partial charge in [0.25, 0.3) is 0 Å². The van der Waals surface area contributed by atoms with E-state index in [1.54, 1.807) is 0 Å². The van der Waals surface area contributed by atoms with Crippen molar-refractivity contribution in [2.24, 2.45) is 5.92 Å². The highest BCUT2D eigenvalue weighted by Gasteiger charge is 2.32. The van der Waals surface area contributed by atoms with Crippen LogP contribution >= 0.6 is 0 Å². The number of alkyl halides is 1. The van der Waals surface area contributed by atoms with Gasteiger partial charge in [-0.3, -0.25) is 4.39 Å². The van der Waals surface area contributed by atoms with Gasteiger partial charge in [0.05, 0.1) is 6.67 Å². The molecule has 108 valence electrons. The largest absolute Gasteiger partial charge is 0.356 e. The van der Waals surface area contributed by atoms with Crippen molar-refractivity contribution in [2.45, 2.75) is 50.9 Å². The standard InChI is InChI=1S/C16H22FN3/c17-9-11-3-2-8-20(10-11)16-13-4-1-5-14(13)18-15(19-16)12-6-7-12/h11-12H,1-10H2. The van der Waals surface area contributed by atoms with Crippen molar-refractivity contribution in [3.8, 4) is 0 Å². The minimum atomic E-state index is -0.195. The van der Waals surface area contributed by atoms with Crippen LogP contribution in [0.3, 0.4) is 0 Å². The summed E-state index contributed by atoms with van der Waals surface area (Å²) >= 11 is 0. The van der Waals surface area contributed by atoms with Crippen LogP contribution in [0.1, 0.15) is 55.1 Å². The van der Waals surface area contributed by atoms with Gasteiger partial charge in [0, 0.05) is 36.2 Å². The Hall–Kier alpha value is -1.19. The van der Waals surface area contributed by atoms with Crippen LogP contribution in [0.2, 0.25) is 0 Å². The van der Waals surface area contributed by atoms with Gasteiger partial charge in [-0.1, -0.05) is 0 Å². The van der Waals surface area contributed by atoms with E-state index in [0.29, 0.717) is 5.92 Å². The molecule has 0 amide bonds. The summed E-state index contributed by atoms with van der Waals surface area (Å²) in [6.45, 7) is 1.67. The first-order chi connectivity index (χ1) is 9.85. The van der Waals surface area contributed by atoms with Crippen molar-refractivity contribution in [3.05, 3.63) is 17.1 Å². The molecular formula is C16H22FN3. The number of halogens is 1. The van der Waals surface area contributed by atoms with E-state index in [0.717, 1.165) is 50.4 Å². The van der Waals surface area contributed by atoms with E-state index < -0.39 is 0 Å². The molecule has 0 spiro atoms. The molecule has 0 N–H and O–H groups in total. The topological polar surface area (TPSA) is 29.0 Å². The molecule has 4 heteroatoms. The number of nitrogens with zero attached hydrogens (tertiary/aromatic N) is 3. The van der Waals surface area contributed by atoms with Crippen LogP contribution in [0, 0.1) is 5.92 Å². The second-order valence-electron chi connectivity index (χ2n) is 6.57. The van der Waals surface area contributed by atoms with Crippen molar-refractivity contribution < 1.29 is 4.39 Å². The Kier molecular flexibility index (Phi) is 3.12. The maximum atomic E-state index is 13.0. The third-order valence-corrected chi connectivity index (χ3v) is 4.91. The molecule has 0 radical (unpaired) electrons. The minimum Gasteiger partial charge on any atom is -0.356 e. The second-order valence-corrected chi connectivity index (χ2v) is 6.57. The smallest absolute Gasteiger partial charge is 0.135 e. The third kappa shape index (κ3) is 2.19. The average molecular weight is 275 g/mol. The molecule has 1 aromatic rings. The lowest BCUT2D eigenvalue weighted by atomic mass is 9.99. The number of aryl methyl sites for hydroxylation is 1. The summed E-state index contributed by atoms with van der Waals surface area (Å²) in [5, 5.41) is 0. The molecule has 3 aliphatic rings. The summed E-state index contributed by atoms with van der Waals surface area (Å²) in [4.78, 5) is 12.0. The van der Waals surface area contributed by atoms with E-state index >= 15 is 0 Å². The Balaban J connectivity index is 1.69. The Labute approximate surface area is 119 Å². The zero-order valence-corrected chi connectivity index (χ0v) is 11.9. The van der Waals surface area contributed by atoms with Crippen LogP contribution < -0.4 is 4.90 Å². The normalized spacial score (nSPS) is 25.9. The quantitative estimate of drug-likeness (QED) is 0.849. The van der Waals surface area contributed by atoms with Crippen LogP contribution in [0.4, 0.5) is 10.2 Å². The molecule has 20 heavy (non-hydrogen) atoms. The summed E-state index contributed by atoms with van der Waals surface area (Å²) in [5.41, 5.74) is 2.63. The van der Waals surface area contributed by atoms with E-state index in [1.165, 1.54) is 30.5 Å². The number of piperidine rings is 1. The summed E-state index contributed by atoms with van der Waals surface area (Å²) in [5.74, 6) is 3.00. The van der Waals surface area contributed by atoms with Gasteiger partial charge in [-0.25, -0.2) is 9.97 Å². The van der Waals surface area contributed by atoms with Crippen molar-refractivity contribution in [3.63, 3.8) is 0 Å². The zero-order chi connectivity index (χ0) is 13.5. The average Bonchev–Trinajstić information content (AvgIpc) is 3.24. The lowest BCUT2D eigenvalue weighted by Crippen LogP contribution is -2.37. The number of rotatable bonds is 3. The molecule has 1 aromatic heterocycles. The van der Waals surface area contributed by atoms with Crippen LogP contribution in [0.15, 0.2) is 0 Å². The van der Waals surface area contributed by atoms with E-state index in [-0.39, 0.29) is 12.6 Å². The van der Waals surface area contributed by atoms with E-state index in [9.17, 15) is 4.39 Å². The van der Waals surface area contributed by atoms with Crippen molar-refractivity contribution in [1.29, 1.82) is 0 Å². The SMILES string of the molecule is FCC1CCCN(c2nc(C3CC3)nc3c2CCC3)C1. The zero-order valence-electron chi connectivity index (χ0n) is 11.9. The first-order valence-corrected chi connectivity index (χ1v) is 8.05. The van der Waals surface area contributed by atoms with E-state index in [4.69, 9.17) is 9.97 Å². The van der Waals surface area contributed by atoms with Gasteiger partial charge in [0.2, 0.25) is 0 Å². The Morgan fingerprint density at radius 3 is 2.80 bits per heavy atom. The van der Waals surface area contributed by atoms with Gasteiger partial charge < -0.3 is 4.90 Å². The van der Waals surface area contributed by atoms with Gasteiger partial charge in [0.15, 0.2) is 0 Å². The summed E-state index contributed by atoms with van der Waals surface area (Å²) in [7, 11) is 0. The minimum absolute atomic E-state index is 0.195. The molecule has 1 atom stereocenters. The fourth-order valence-electron chi connectivity index (χ4n) is 3.60. The predicted octanol–water partition coefficient (Wildman–Crippen LogP) is 3.03.